The smallest absolute Gasteiger partial charge is 0.205 e. The van der Waals surface area contributed by atoms with Crippen molar-refractivity contribution in [2.75, 3.05) is 21.1 Å². The van der Waals surface area contributed by atoms with Crippen molar-refractivity contribution in [1.29, 1.82) is 0 Å². The molecule has 0 fully saturated rings. The van der Waals surface area contributed by atoms with Crippen LogP contribution in [-0.4, -0.2) is 43.3 Å². The summed E-state index contributed by atoms with van der Waals surface area (Å²) in [6, 6.07) is 0. The van der Waals surface area contributed by atoms with Crippen molar-refractivity contribution < 1.29 is 9.59 Å². The first-order chi connectivity index (χ1) is 6.91. The molecule has 0 bridgehead atoms. The van der Waals surface area contributed by atoms with Gasteiger partial charge in [-0.25, -0.2) is 0 Å². The Hall–Kier alpha value is -1.45. The average molecular weight is 208 g/mol. The van der Waals surface area contributed by atoms with Gasteiger partial charge in [-0.15, -0.1) is 0 Å². The molecule has 0 aromatic heterocycles. The summed E-state index contributed by atoms with van der Waals surface area (Å²) in [6.45, 7) is 3.39. The fourth-order valence-electron chi connectivity index (χ4n) is 1.86. The van der Waals surface area contributed by atoms with Gasteiger partial charge in [-0.1, -0.05) is 0 Å². The van der Waals surface area contributed by atoms with Gasteiger partial charge in [-0.2, -0.15) is 0 Å². The molecule has 4 nitrogen and oxygen atoms in total. The van der Waals surface area contributed by atoms with E-state index in [0.29, 0.717) is 17.0 Å². The first-order valence-electron chi connectivity index (χ1n) is 4.85. The molecule has 4 heteroatoms. The summed E-state index contributed by atoms with van der Waals surface area (Å²) in [6.07, 6.45) is 0. The Kier molecular flexibility index (Phi) is 3.07. The second kappa shape index (κ2) is 3.96. The molecule has 82 valence electrons. The zero-order valence-electron chi connectivity index (χ0n) is 9.79. The molecular formula is C11H16N2O2. The molecule has 1 rings (SSSR count). The summed E-state index contributed by atoms with van der Waals surface area (Å²) < 4.78 is 0. The third kappa shape index (κ3) is 1.71. The second-order valence-corrected chi connectivity index (χ2v) is 3.89. The Morgan fingerprint density at radius 3 is 2.20 bits per heavy atom. The number of rotatable bonds is 1. The molecule has 0 spiro atoms. The highest BCUT2D eigenvalue weighted by molar-refractivity contribution is 6.52. The lowest BCUT2D eigenvalue weighted by molar-refractivity contribution is -0.120. The predicted octanol–water partition coefficient (Wildman–Crippen LogP) is 0.681. The summed E-state index contributed by atoms with van der Waals surface area (Å²) in [4.78, 5) is 29.4. The molecule has 0 amide bonds. The largest absolute Gasteiger partial charge is 0.374 e. The molecule has 1 atom stereocenters. The van der Waals surface area contributed by atoms with Gasteiger partial charge in [-0.3, -0.25) is 14.6 Å². The van der Waals surface area contributed by atoms with E-state index < -0.39 is 5.92 Å². The van der Waals surface area contributed by atoms with Crippen LogP contribution in [0.15, 0.2) is 16.3 Å². The molecule has 0 heterocycles. The summed E-state index contributed by atoms with van der Waals surface area (Å²) in [5, 5.41) is 0. The summed E-state index contributed by atoms with van der Waals surface area (Å²) >= 11 is 0. The van der Waals surface area contributed by atoms with Crippen molar-refractivity contribution >= 4 is 17.3 Å². The van der Waals surface area contributed by atoms with E-state index in [-0.39, 0.29) is 11.6 Å². The maximum atomic E-state index is 12.0. The molecule has 1 aliphatic rings. The molecule has 0 radical (unpaired) electrons. The van der Waals surface area contributed by atoms with E-state index in [4.69, 9.17) is 0 Å². The van der Waals surface area contributed by atoms with Gasteiger partial charge in [0.15, 0.2) is 5.78 Å². The maximum absolute atomic E-state index is 12.0. The molecule has 0 saturated carbocycles. The van der Waals surface area contributed by atoms with E-state index >= 15 is 0 Å². The van der Waals surface area contributed by atoms with E-state index in [1.54, 1.807) is 39.9 Å². The lowest BCUT2D eigenvalue weighted by Crippen LogP contribution is -2.40. The van der Waals surface area contributed by atoms with E-state index in [1.165, 1.54) is 0 Å². The maximum Gasteiger partial charge on any atom is 0.205 e. The van der Waals surface area contributed by atoms with Gasteiger partial charge >= 0.3 is 0 Å². The van der Waals surface area contributed by atoms with Crippen LogP contribution in [-0.2, 0) is 9.59 Å². The van der Waals surface area contributed by atoms with Crippen LogP contribution in [0.25, 0.3) is 0 Å². The highest BCUT2D eigenvalue weighted by Crippen LogP contribution is 2.23. The Balaban J connectivity index is 3.36. The lowest BCUT2D eigenvalue weighted by atomic mass is 9.84. The van der Waals surface area contributed by atoms with Crippen molar-refractivity contribution in [1.82, 2.24) is 4.90 Å². The van der Waals surface area contributed by atoms with Gasteiger partial charge in [0, 0.05) is 26.7 Å². The molecule has 0 N–H and O–H groups in total. The molecule has 15 heavy (non-hydrogen) atoms. The minimum Gasteiger partial charge on any atom is -0.374 e. The third-order valence-corrected chi connectivity index (χ3v) is 2.65. The third-order valence-electron chi connectivity index (χ3n) is 2.65. The van der Waals surface area contributed by atoms with Crippen molar-refractivity contribution in [3.63, 3.8) is 0 Å². The van der Waals surface area contributed by atoms with Gasteiger partial charge in [0.05, 0.1) is 17.3 Å². The second-order valence-electron chi connectivity index (χ2n) is 3.89. The molecule has 0 saturated heterocycles. The van der Waals surface area contributed by atoms with E-state index in [9.17, 15) is 9.59 Å². The number of hydrogen-bond acceptors (Lipinski definition) is 4. The summed E-state index contributed by atoms with van der Waals surface area (Å²) in [5.74, 6) is -0.574. The molecule has 1 unspecified atom stereocenters. The normalized spacial score (nSPS) is 25.1. The van der Waals surface area contributed by atoms with Crippen LogP contribution in [0.2, 0.25) is 0 Å². The Morgan fingerprint density at radius 2 is 1.80 bits per heavy atom. The lowest BCUT2D eigenvalue weighted by Gasteiger charge is -2.26. The van der Waals surface area contributed by atoms with Gasteiger partial charge in [0.2, 0.25) is 5.78 Å². The minimum absolute atomic E-state index is 0.0299. The first kappa shape index (κ1) is 11.6. The molecule has 1 aliphatic carbocycles. The molecule has 0 aliphatic heterocycles. The number of ketones is 2. The number of aliphatic imine (C=N–C) groups is 1. The Bertz CT molecular complexity index is 378. The SMILES string of the molecule is CN=C1C(=O)C(C)=C(N(C)C)C(=O)C1C. The van der Waals surface area contributed by atoms with Gasteiger partial charge in [-0.05, 0) is 13.8 Å². The number of carbonyl (C=O) groups excluding carboxylic acids is 2. The van der Waals surface area contributed by atoms with E-state index in [0.717, 1.165) is 0 Å². The number of carbonyl (C=O) groups is 2. The van der Waals surface area contributed by atoms with Gasteiger partial charge < -0.3 is 4.90 Å². The van der Waals surface area contributed by atoms with E-state index in [1.807, 2.05) is 0 Å². The quantitative estimate of drug-likeness (QED) is 0.636. The number of nitrogens with zero attached hydrogens (tertiary/aromatic N) is 2. The van der Waals surface area contributed by atoms with Gasteiger partial charge in [0.25, 0.3) is 0 Å². The zero-order chi connectivity index (χ0) is 11.7. The van der Waals surface area contributed by atoms with Crippen molar-refractivity contribution in [3.05, 3.63) is 11.3 Å². The molecular weight excluding hydrogens is 192 g/mol. The van der Waals surface area contributed by atoms with Crippen LogP contribution >= 0.6 is 0 Å². The topological polar surface area (TPSA) is 49.7 Å². The summed E-state index contributed by atoms with van der Waals surface area (Å²) in [7, 11) is 5.08. The fraction of sp³-hybridized carbons (Fsp3) is 0.545. The zero-order valence-corrected chi connectivity index (χ0v) is 9.79. The van der Waals surface area contributed by atoms with Crippen LogP contribution < -0.4 is 0 Å². The highest BCUT2D eigenvalue weighted by atomic mass is 16.1. The van der Waals surface area contributed by atoms with Gasteiger partial charge in [0.1, 0.15) is 0 Å². The Labute approximate surface area is 89.7 Å². The minimum atomic E-state index is -0.427. The highest BCUT2D eigenvalue weighted by Gasteiger charge is 2.36. The number of allylic oxidation sites excluding steroid dienone is 2. The van der Waals surface area contributed by atoms with Crippen LogP contribution in [0, 0.1) is 5.92 Å². The Morgan fingerprint density at radius 1 is 1.27 bits per heavy atom. The standard InChI is InChI=1S/C11H16N2O2/c1-6-8(12-3)10(14)7(2)9(11(6)15)13(4)5/h6H,1-5H3. The van der Waals surface area contributed by atoms with Crippen LogP contribution in [0.1, 0.15) is 13.8 Å². The van der Waals surface area contributed by atoms with Crippen LogP contribution in [0.5, 0.6) is 0 Å². The molecule has 0 aromatic carbocycles. The number of likely N-dealkylation sites (N-methyl/N-ethyl adjacent to an activating group) is 1. The van der Waals surface area contributed by atoms with Crippen molar-refractivity contribution in [3.8, 4) is 0 Å². The van der Waals surface area contributed by atoms with E-state index in [2.05, 4.69) is 4.99 Å². The van der Waals surface area contributed by atoms with Crippen LogP contribution in [0.3, 0.4) is 0 Å². The monoisotopic (exact) mass is 208 g/mol. The first-order valence-corrected chi connectivity index (χ1v) is 4.85. The summed E-state index contributed by atoms with van der Waals surface area (Å²) in [5.41, 5.74) is 1.35. The van der Waals surface area contributed by atoms with Crippen molar-refractivity contribution in [2.45, 2.75) is 13.8 Å². The van der Waals surface area contributed by atoms with Crippen molar-refractivity contribution in [2.24, 2.45) is 10.9 Å². The van der Waals surface area contributed by atoms with Crippen LogP contribution in [0.4, 0.5) is 0 Å². The predicted molar refractivity (Wildman–Crippen MR) is 58.9 cm³/mol. The fourth-order valence-corrected chi connectivity index (χ4v) is 1.86. The molecule has 0 aromatic rings. The average Bonchev–Trinajstić information content (AvgIpc) is 2.16. The number of hydrogen-bond donors (Lipinski definition) is 0. The number of Topliss-reactive ketones (excluding diaryl/α,β-unsaturated/α-hetero) is 2.